The number of nitrogens with one attached hydrogen (secondary N) is 1. The van der Waals surface area contributed by atoms with Gasteiger partial charge in [-0.3, -0.25) is 4.99 Å². The molecule has 0 aromatic heterocycles. The Labute approximate surface area is 113 Å². The van der Waals surface area contributed by atoms with E-state index in [1.807, 2.05) is 23.5 Å². The Hall–Kier alpha value is 0.170. The summed E-state index contributed by atoms with van der Waals surface area (Å²) in [6.07, 6.45) is 10.6. The molecule has 2 saturated carbocycles. The zero-order valence-electron chi connectivity index (χ0n) is 10.6. The van der Waals surface area contributed by atoms with Crippen LogP contribution in [0.2, 0.25) is 0 Å². The molecule has 0 bridgehead atoms. The largest absolute Gasteiger partial charge is 0.362 e. The van der Waals surface area contributed by atoms with Crippen molar-refractivity contribution >= 4 is 28.7 Å². The fourth-order valence-corrected chi connectivity index (χ4v) is 5.17. The molecule has 17 heavy (non-hydrogen) atoms. The van der Waals surface area contributed by atoms with Gasteiger partial charge in [-0.05, 0) is 37.9 Å². The van der Waals surface area contributed by atoms with Crippen molar-refractivity contribution < 1.29 is 0 Å². The van der Waals surface area contributed by atoms with Crippen molar-refractivity contribution in [2.75, 3.05) is 18.6 Å². The van der Waals surface area contributed by atoms with E-state index in [-0.39, 0.29) is 0 Å². The molecule has 1 saturated heterocycles. The number of fused-ring (bicyclic) bond motifs is 1. The topological polar surface area (TPSA) is 24.4 Å². The summed E-state index contributed by atoms with van der Waals surface area (Å²) in [4.78, 5) is 4.86. The van der Waals surface area contributed by atoms with Crippen LogP contribution in [0.1, 0.15) is 38.5 Å². The van der Waals surface area contributed by atoms with Crippen LogP contribution in [-0.2, 0) is 0 Å². The Balaban J connectivity index is 1.57. The highest BCUT2D eigenvalue weighted by Crippen LogP contribution is 2.43. The Morgan fingerprint density at radius 2 is 2.29 bits per heavy atom. The Morgan fingerprint density at radius 1 is 1.41 bits per heavy atom. The maximum Gasteiger partial charge on any atom is 0.156 e. The first-order valence-corrected chi connectivity index (χ1v) is 9.01. The van der Waals surface area contributed by atoms with Gasteiger partial charge in [0.1, 0.15) is 0 Å². The summed E-state index contributed by atoms with van der Waals surface area (Å²) in [6, 6.07) is 0.738. The monoisotopic (exact) mass is 270 g/mol. The zero-order valence-corrected chi connectivity index (χ0v) is 12.2. The SMILES string of the molecule is CSC1(CN=C2NC3CCCC3CS2)CCC1. The molecule has 1 aliphatic heterocycles. The molecule has 2 nitrogen and oxygen atoms in total. The molecule has 2 atom stereocenters. The van der Waals surface area contributed by atoms with Gasteiger partial charge in [-0.1, -0.05) is 24.6 Å². The maximum atomic E-state index is 4.86. The summed E-state index contributed by atoms with van der Waals surface area (Å²) < 4.78 is 0.488. The molecule has 2 unspecified atom stereocenters. The van der Waals surface area contributed by atoms with Crippen molar-refractivity contribution in [2.24, 2.45) is 10.9 Å². The van der Waals surface area contributed by atoms with Crippen molar-refractivity contribution in [1.29, 1.82) is 0 Å². The highest BCUT2D eigenvalue weighted by molar-refractivity contribution is 8.13. The molecule has 4 heteroatoms. The van der Waals surface area contributed by atoms with Crippen LogP contribution in [0.25, 0.3) is 0 Å². The van der Waals surface area contributed by atoms with Crippen LogP contribution in [0, 0.1) is 5.92 Å². The van der Waals surface area contributed by atoms with Crippen LogP contribution in [0.5, 0.6) is 0 Å². The van der Waals surface area contributed by atoms with E-state index in [1.165, 1.54) is 49.4 Å². The molecular formula is C13H22N2S2. The van der Waals surface area contributed by atoms with Gasteiger partial charge in [0.2, 0.25) is 0 Å². The fraction of sp³-hybridized carbons (Fsp3) is 0.923. The van der Waals surface area contributed by atoms with Gasteiger partial charge in [-0.15, -0.1) is 0 Å². The smallest absolute Gasteiger partial charge is 0.156 e. The van der Waals surface area contributed by atoms with Crippen molar-refractivity contribution in [3.63, 3.8) is 0 Å². The number of thioether (sulfide) groups is 2. The number of aliphatic imine (C=N–C) groups is 1. The van der Waals surface area contributed by atoms with Crippen molar-refractivity contribution in [1.82, 2.24) is 5.32 Å². The van der Waals surface area contributed by atoms with Crippen molar-refractivity contribution in [2.45, 2.75) is 49.3 Å². The number of rotatable bonds is 3. The molecule has 0 aromatic carbocycles. The summed E-state index contributed by atoms with van der Waals surface area (Å²) in [5.41, 5.74) is 0. The molecule has 1 N–H and O–H groups in total. The number of amidine groups is 1. The summed E-state index contributed by atoms with van der Waals surface area (Å²) in [7, 11) is 0. The molecular weight excluding hydrogens is 248 g/mol. The number of hydrogen-bond donors (Lipinski definition) is 1. The maximum absolute atomic E-state index is 4.86. The minimum atomic E-state index is 0.488. The van der Waals surface area contributed by atoms with Crippen LogP contribution < -0.4 is 5.32 Å². The van der Waals surface area contributed by atoms with E-state index in [0.29, 0.717) is 4.75 Å². The second kappa shape index (κ2) is 5.04. The van der Waals surface area contributed by atoms with E-state index < -0.39 is 0 Å². The summed E-state index contributed by atoms with van der Waals surface area (Å²) in [5, 5.41) is 4.89. The second-order valence-electron chi connectivity index (χ2n) is 5.61. The normalized spacial score (nSPS) is 37.4. The third kappa shape index (κ3) is 2.48. The molecule has 96 valence electrons. The first-order chi connectivity index (χ1) is 8.31. The van der Waals surface area contributed by atoms with Crippen molar-refractivity contribution in [3.05, 3.63) is 0 Å². The lowest BCUT2D eigenvalue weighted by Crippen LogP contribution is -2.43. The van der Waals surface area contributed by atoms with E-state index >= 15 is 0 Å². The Morgan fingerprint density at radius 3 is 3.00 bits per heavy atom. The molecule has 1 heterocycles. The minimum Gasteiger partial charge on any atom is -0.362 e. The summed E-state index contributed by atoms with van der Waals surface area (Å²) in [5.74, 6) is 2.21. The third-order valence-corrected chi connectivity index (χ3v) is 7.13. The van der Waals surface area contributed by atoms with Crippen LogP contribution in [0.3, 0.4) is 0 Å². The first kappa shape index (κ1) is 12.2. The summed E-state index contributed by atoms with van der Waals surface area (Å²) >= 11 is 3.98. The van der Waals surface area contributed by atoms with Crippen LogP contribution in [-0.4, -0.2) is 34.5 Å². The molecule has 0 radical (unpaired) electrons. The number of nitrogens with zero attached hydrogens (tertiary/aromatic N) is 1. The predicted molar refractivity (Wildman–Crippen MR) is 79.1 cm³/mol. The molecule has 0 amide bonds. The van der Waals surface area contributed by atoms with Gasteiger partial charge in [-0.2, -0.15) is 11.8 Å². The van der Waals surface area contributed by atoms with Gasteiger partial charge < -0.3 is 5.32 Å². The summed E-state index contributed by atoms with van der Waals surface area (Å²) in [6.45, 7) is 1.03. The predicted octanol–water partition coefficient (Wildman–Crippen LogP) is 3.13. The average Bonchev–Trinajstić information content (AvgIpc) is 2.75. The Bertz CT molecular complexity index is 307. The van der Waals surface area contributed by atoms with Gasteiger partial charge in [0, 0.05) is 16.5 Å². The molecule has 3 rings (SSSR count). The van der Waals surface area contributed by atoms with E-state index in [9.17, 15) is 0 Å². The first-order valence-electron chi connectivity index (χ1n) is 6.80. The standard InChI is InChI=1S/C13H22N2S2/c1-16-13(6-3-7-13)9-14-12-15-11-5-2-4-10(11)8-17-12/h10-11H,2-9H2,1H3,(H,14,15). The van der Waals surface area contributed by atoms with Gasteiger partial charge >= 0.3 is 0 Å². The van der Waals surface area contributed by atoms with Crippen LogP contribution >= 0.6 is 23.5 Å². The Kier molecular flexibility index (Phi) is 3.62. The quantitative estimate of drug-likeness (QED) is 0.852. The molecule has 0 aromatic rings. The van der Waals surface area contributed by atoms with E-state index in [1.54, 1.807) is 0 Å². The molecule has 2 aliphatic carbocycles. The molecule has 0 spiro atoms. The minimum absolute atomic E-state index is 0.488. The van der Waals surface area contributed by atoms with Crippen molar-refractivity contribution in [3.8, 4) is 0 Å². The lowest BCUT2D eigenvalue weighted by atomic mass is 9.84. The molecule has 3 aliphatic rings. The van der Waals surface area contributed by atoms with E-state index in [2.05, 4.69) is 11.6 Å². The van der Waals surface area contributed by atoms with Crippen LogP contribution in [0.4, 0.5) is 0 Å². The lowest BCUT2D eigenvalue weighted by molar-refractivity contribution is 0.372. The van der Waals surface area contributed by atoms with E-state index in [0.717, 1.165) is 18.5 Å². The van der Waals surface area contributed by atoms with Gasteiger partial charge in [0.15, 0.2) is 5.17 Å². The number of hydrogen-bond acceptors (Lipinski definition) is 3. The van der Waals surface area contributed by atoms with Gasteiger partial charge in [-0.25, -0.2) is 0 Å². The fourth-order valence-electron chi connectivity index (χ4n) is 3.12. The van der Waals surface area contributed by atoms with Gasteiger partial charge in [0.25, 0.3) is 0 Å². The highest BCUT2D eigenvalue weighted by atomic mass is 32.2. The average molecular weight is 270 g/mol. The van der Waals surface area contributed by atoms with E-state index in [4.69, 9.17) is 4.99 Å². The lowest BCUT2D eigenvalue weighted by Gasteiger charge is -2.39. The molecule has 3 fully saturated rings. The highest BCUT2D eigenvalue weighted by Gasteiger charge is 2.37. The van der Waals surface area contributed by atoms with Crippen LogP contribution in [0.15, 0.2) is 4.99 Å². The van der Waals surface area contributed by atoms with Gasteiger partial charge in [0.05, 0.1) is 6.54 Å². The zero-order chi connectivity index (χ0) is 11.7. The third-order valence-electron chi connectivity index (χ3n) is 4.61. The second-order valence-corrected chi connectivity index (χ2v) is 7.90.